The highest BCUT2D eigenvalue weighted by Crippen LogP contribution is 2.33. The first-order valence-electron chi connectivity index (χ1n) is 10.00. The molecule has 0 saturated heterocycles. The average Bonchev–Trinajstić information content (AvgIpc) is 2.88. The van der Waals surface area contributed by atoms with Gasteiger partial charge in [0.05, 0.1) is 0 Å². The Balaban J connectivity index is 7.52. The first-order chi connectivity index (χ1) is 15.6. The molecule has 4 nitrogen and oxygen atoms in total. The summed E-state index contributed by atoms with van der Waals surface area (Å²) in [7, 11) is -16.3. The summed E-state index contributed by atoms with van der Waals surface area (Å²) >= 11 is 0. The molecule has 0 aliphatic carbocycles. The second-order valence-electron chi connectivity index (χ2n) is 6.77. The molecule has 0 unspecified atom stereocenters. The topological polar surface area (TPSA) is 36.9 Å². The highest BCUT2D eigenvalue weighted by atomic mass is 28.5. The first kappa shape index (κ1) is 30.8. The standard InChI is InChI=1S/C24H36O4Si5/c1-13-29(14-2,15-3)25-33(26-30(16-4,17-5)18-6,27-31(19-7,20-8)21-9)28-32(22-10,23-11)24-12/h13-24H,1-12H2. The smallest absolute Gasteiger partial charge is 0.384 e. The van der Waals surface area contributed by atoms with Crippen molar-refractivity contribution in [2.24, 2.45) is 0 Å². The van der Waals surface area contributed by atoms with Gasteiger partial charge in [-0.2, -0.15) is 0 Å². The molecule has 0 heterocycles. The van der Waals surface area contributed by atoms with Crippen molar-refractivity contribution in [2.45, 2.75) is 0 Å². The van der Waals surface area contributed by atoms with E-state index in [1.165, 1.54) is 0 Å². The van der Waals surface area contributed by atoms with Gasteiger partial charge in [0, 0.05) is 0 Å². The average molecular weight is 529 g/mol. The van der Waals surface area contributed by atoms with Crippen molar-refractivity contribution in [3.63, 3.8) is 0 Å². The molecule has 0 bridgehead atoms. The first-order valence-corrected chi connectivity index (χ1v) is 20.2. The Bertz CT molecular complexity index is 632. The second-order valence-corrected chi connectivity index (χ2v) is 22.8. The largest absolute Gasteiger partial charge is 0.639 e. The second kappa shape index (κ2) is 12.9. The minimum Gasteiger partial charge on any atom is -0.384 e. The molecule has 33 heavy (non-hydrogen) atoms. The monoisotopic (exact) mass is 528 g/mol. The van der Waals surface area contributed by atoms with E-state index in [0.29, 0.717) is 0 Å². The van der Waals surface area contributed by atoms with Gasteiger partial charge in [-0.3, -0.25) is 0 Å². The van der Waals surface area contributed by atoms with Crippen molar-refractivity contribution in [1.29, 1.82) is 0 Å². The van der Waals surface area contributed by atoms with Crippen molar-refractivity contribution in [3.8, 4) is 0 Å². The van der Waals surface area contributed by atoms with Gasteiger partial charge in [0.15, 0.2) is 0 Å². The summed E-state index contributed by atoms with van der Waals surface area (Å²) in [4.78, 5) is 0. The minimum atomic E-state index is -4.20. The highest BCUT2D eigenvalue weighted by molar-refractivity contribution is 7.03. The quantitative estimate of drug-likeness (QED) is 0.182. The fraction of sp³-hybridized carbons (Fsp3) is 0. The number of rotatable bonds is 20. The zero-order valence-corrected chi connectivity index (χ0v) is 24.5. The van der Waals surface area contributed by atoms with Gasteiger partial charge in [-0.25, -0.2) is 0 Å². The Labute approximate surface area is 205 Å². The summed E-state index contributed by atoms with van der Waals surface area (Å²) in [5.74, 6) is 0. The molecule has 0 N–H and O–H groups in total. The molecule has 0 aromatic carbocycles. The van der Waals surface area contributed by atoms with Gasteiger partial charge in [0.2, 0.25) is 0 Å². The summed E-state index contributed by atoms with van der Waals surface area (Å²) in [5, 5.41) is 0. The number of hydrogen-bond acceptors (Lipinski definition) is 4. The van der Waals surface area contributed by atoms with Crippen LogP contribution in [0.4, 0.5) is 0 Å². The maximum atomic E-state index is 6.69. The molecule has 0 rings (SSSR count). The third kappa shape index (κ3) is 6.90. The third-order valence-electron chi connectivity index (χ3n) is 5.04. The van der Waals surface area contributed by atoms with Crippen molar-refractivity contribution in [1.82, 2.24) is 0 Å². The molecule has 0 spiro atoms. The van der Waals surface area contributed by atoms with Crippen molar-refractivity contribution >= 4 is 42.3 Å². The molecular weight excluding hydrogens is 493 g/mol. The lowest BCUT2D eigenvalue weighted by molar-refractivity contribution is 0.159. The molecule has 176 valence electrons. The molecular formula is C24H36O4Si5. The van der Waals surface area contributed by atoms with Gasteiger partial charge < -0.3 is 16.5 Å². The lowest BCUT2D eigenvalue weighted by Crippen LogP contribution is -2.67. The predicted octanol–water partition coefficient (Wildman–Crippen LogP) is 5.97. The fourth-order valence-corrected chi connectivity index (χ4v) is 18.7. The zero-order valence-electron chi connectivity index (χ0n) is 19.5. The Morgan fingerprint density at radius 3 is 0.485 bits per heavy atom. The fourth-order valence-electron chi connectivity index (χ4n) is 2.49. The maximum Gasteiger partial charge on any atom is 0.639 e. The third-order valence-corrected chi connectivity index (χ3v) is 22.3. The lowest BCUT2D eigenvalue weighted by atomic mass is 11.2. The molecule has 0 aliphatic heterocycles. The summed E-state index contributed by atoms with van der Waals surface area (Å²) in [6, 6.07) is 0. The molecule has 0 radical (unpaired) electrons. The van der Waals surface area contributed by atoms with Crippen LogP contribution in [0.15, 0.2) is 147 Å². The van der Waals surface area contributed by atoms with Crippen molar-refractivity contribution < 1.29 is 16.5 Å². The van der Waals surface area contributed by atoms with E-state index >= 15 is 0 Å². The van der Waals surface area contributed by atoms with Gasteiger partial charge in [-0.05, 0) is 0 Å². The van der Waals surface area contributed by atoms with E-state index in [2.05, 4.69) is 78.9 Å². The van der Waals surface area contributed by atoms with Crippen LogP contribution < -0.4 is 0 Å². The molecule has 0 aliphatic rings. The van der Waals surface area contributed by atoms with E-state index in [4.69, 9.17) is 16.5 Å². The van der Waals surface area contributed by atoms with E-state index in [-0.39, 0.29) is 0 Å². The summed E-state index contributed by atoms with van der Waals surface area (Å²) in [6.45, 7) is 47.2. The van der Waals surface area contributed by atoms with Crippen LogP contribution >= 0.6 is 0 Å². The van der Waals surface area contributed by atoms with Crippen molar-refractivity contribution in [2.75, 3.05) is 0 Å². The van der Waals surface area contributed by atoms with Crippen LogP contribution in [0.5, 0.6) is 0 Å². The Morgan fingerprint density at radius 2 is 0.394 bits per heavy atom. The molecule has 0 aromatic heterocycles. The van der Waals surface area contributed by atoms with E-state index in [1.807, 2.05) is 0 Å². The zero-order chi connectivity index (χ0) is 25.8. The summed E-state index contributed by atoms with van der Waals surface area (Å²) < 4.78 is 26.8. The normalized spacial score (nSPS) is 12.4. The minimum absolute atomic E-state index is 1.65. The van der Waals surface area contributed by atoms with Crippen LogP contribution in [0, 0.1) is 0 Å². The molecule has 0 fully saturated rings. The molecule has 0 saturated carbocycles. The Kier molecular flexibility index (Phi) is 12.0. The summed E-state index contributed by atoms with van der Waals surface area (Å²) in [5.41, 5.74) is 19.9. The van der Waals surface area contributed by atoms with Crippen LogP contribution in [0.1, 0.15) is 0 Å². The highest BCUT2D eigenvalue weighted by Gasteiger charge is 2.60. The molecule has 0 amide bonds. The predicted molar refractivity (Wildman–Crippen MR) is 155 cm³/mol. The van der Waals surface area contributed by atoms with Gasteiger partial charge in [-0.1, -0.05) is 68.4 Å². The Hall–Kier alpha value is -2.20. The van der Waals surface area contributed by atoms with E-state index < -0.39 is 42.3 Å². The van der Waals surface area contributed by atoms with E-state index in [0.717, 1.165) is 0 Å². The van der Waals surface area contributed by atoms with E-state index in [1.54, 1.807) is 68.4 Å². The van der Waals surface area contributed by atoms with Crippen molar-refractivity contribution in [3.05, 3.63) is 147 Å². The van der Waals surface area contributed by atoms with Crippen LogP contribution in [0.25, 0.3) is 0 Å². The number of hydrogen-bond donors (Lipinski definition) is 0. The molecule has 0 atom stereocenters. The van der Waals surface area contributed by atoms with Crippen LogP contribution in [-0.2, 0) is 16.5 Å². The maximum absolute atomic E-state index is 6.69. The van der Waals surface area contributed by atoms with Crippen LogP contribution in [0.2, 0.25) is 0 Å². The van der Waals surface area contributed by atoms with Gasteiger partial charge in [0.1, 0.15) is 0 Å². The molecule has 9 heteroatoms. The van der Waals surface area contributed by atoms with Crippen LogP contribution in [-0.4, -0.2) is 42.3 Å². The Morgan fingerprint density at radius 1 is 0.273 bits per heavy atom. The SMILES string of the molecule is C=C[Si](C=C)(C=C)O[Si](O[Si](C=C)(C=C)C=C)(O[Si](C=C)(C=C)C=C)O[Si](C=C)(C=C)C=C. The lowest BCUT2D eigenvalue weighted by Gasteiger charge is -2.44. The van der Waals surface area contributed by atoms with Gasteiger partial charge in [-0.15, -0.1) is 78.9 Å². The van der Waals surface area contributed by atoms with E-state index in [9.17, 15) is 0 Å². The van der Waals surface area contributed by atoms with Gasteiger partial charge >= 0.3 is 9.05 Å². The molecule has 0 aromatic rings. The van der Waals surface area contributed by atoms with Gasteiger partial charge in [0.25, 0.3) is 33.3 Å². The summed E-state index contributed by atoms with van der Waals surface area (Å²) in [6.07, 6.45) is 0. The van der Waals surface area contributed by atoms with Crippen LogP contribution in [0.3, 0.4) is 0 Å².